The molecule has 0 fully saturated rings. The van der Waals surface area contributed by atoms with E-state index in [9.17, 15) is 13.2 Å². The Hall–Kier alpha value is -2.38. The average molecular weight is 362 g/mol. The van der Waals surface area contributed by atoms with E-state index in [0.717, 1.165) is 5.75 Å². The highest BCUT2D eigenvalue weighted by molar-refractivity contribution is 7.89. The third-order valence-electron chi connectivity index (χ3n) is 3.52. The molecule has 2 rings (SSSR count). The van der Waals surface area contributed by atoms with Gasteiger partial charge in [-0.15, -0.1) is 0 Å². The molecule has 0 saturated carbocycles. The lowest BCUT2D eigenvalue weighted by molar-refractivity contribution is -0.116. The number of hydrogen-bond donors (Lipinski definition) is 1. The second-order valence-corrected chi connectivity index (χ2v) is 7.08. The van der Waals surface area contributed by atoms with Crippen LogP contribution in [0.5, 0.6) is 5.75 Å². The van der Waals surface area contributed by atoms with Crippen molar-refractivity contribution in [3.8, 4) is 5.75 Å². The fraction of sp³-hybridized carbons (Fsp3) is 0.278. The Kier molecular flexibility index (Phi) is 6.55. The molecule has 0 saturated heterocycles. The van der Waals surface area contributed by atoms with Crippen LogP contribution in [0.25, 0.3) is 0 Å². The van der Waals surface area contributed by atoms with Gasteiger partial charge in [0.2, 0.25) is 15.9 Å². The highest BCUT2D eigenvalue weighted by Crippen LogP contribution is 2.19. The summed E-state index contributed by atoms with van der Waals surface area (Å²) < 4.78 is 32.3. The molecular weight excluding hydrogens is 340 g/mol. The van der Waals surface area contributed by atoms with E-state index in [2.05, 4.69) is 4.72 Å². The summed E-state index contributed by atoms with van der Waals surface area (Å²) >= 11 is 0. The van der Waals surface area contributed by atoms with Crippen LogP contribution in [0.15, 0.2) is 59.5 Å². The Morgan fingerprint density at radius 3 is 2.28 bits per heavy atom. The van der Waals surface area contributed by atoms with Crippen molar-refractivity contribution in [1.29, 1.82) is 0 Å². The van der Waals surface area contributed by atoms with Crippen LogP contribution in [0.4, 0.5) is 5.69 Å². The van der Waals surface area contributed by atoms with E-state index >= 15 is 0 Å². The maximum atomic E-state index is 12.2. The van der Waals surface area contributed by atoms with Crippen molar-refractivity contribution in [1.82, 2.24) is 4.72 Å². The molecule has 0 unspecified atom stereocenters. The van der Waals surface area contributed by atoms with Gasteiger partial charge in [0.25, 0.3) is 0 Å². The molecule has 0 aliphatic heterocycles. The number of hydrogen-bond acceptors (Lipinski definition) is 4. The van der Waals surface area contributed by atoms with Gasteiger partial charge in [0.1, 0.15) is 5.75 Å². The van der Waals surface area contributed by atoms with E-state index in [1.807, 2.05) is 6.92 Å². The summed E-state index contributed by atoms with van der Waals surface area (Å²) in [6.07, 6.45) is 0. The quantitative estimate of drug-likeness (QED) is 0.782. The summed E-state index contributed by atoms with van der Waals surface area (Å²) in [7, 11) is -3.59. The number of amides is 1. The van der Waals surface area contributed by atoms with Crippen molar-refractivity contribution in [2.24, 2.45) is 0 Å². The first-order chi connectivity index (χ1) is 11.9. The largest absolute Gasteiger partial charge is 0.494 e. The predicted molar refractivity (Wildman–Crippen MR) is 97.3 cm³/mol. The Morgan fingerprint density at radius 1 is 1.08 bits per heavy atom. The van der Waals surface area contributed by atoms with Crippen molar-refractivity contribution >= 4 is 21.6 Å². The van der Waals surface area contributed by atoms with Crippen LogP contribution in [-0.4, -0.2) is 34.0 Å². The molecule has 0 bridgehead atoms. The molecule has 0 aliphatic carbocycles. The van der Waals surface area contributed by atoms with Gasteiger partial charge in [-0.3, -0.25) is 4.79 Å². The number of rotatable bonds is 8. The van der Waals surface area contributed by atoms with Crippen molar-refractivity contribution in [2.45, 2.75) is 18.7 Å². The first-order valence-electron chi connectivity index (χ1n) is 7.99. The molecule has 2 aromatic rings. The maximum absolute atomic E-state index is 12.2. The standard InChI is InChI=1S/C18H22N2O4S/c1-3-24-17-11-9-16(10-12-17)20(15(2)21)14-13-19-25(22,23)18-7-5-4-6-8-18/h4-12,19H,3,13-14H2,1-2H3. The first-order valence-corrected chi connectivity index (χ1v) is 9.48. The molecule has 2 aromatic carbocycles. The summed E-state index contributed by atoms with van der Waals surface area (Å²) in [6.45, 7) is 4.26. The van der Waals surface area contributed by atoms with Gasteiger partial charge in [-0.05, 0) is 43.3 Å². The molecule has 0 atom stereocenters. The number of carbonyl (C=O) groups excluding carboxylic acids is 1. The average Bonchev–Trinajstić information content (AvgIpc) is 2.60. The summed E-state index contributed by atoms with van der Waals surface area (Å²) in [5.74, 6) is 0.558. The van der Waals surface area contributed by atoms with Crippen LogP contribution >= 0.6 is 0 Å². The van der Waals surface area contributed by atoms with Crippen LogP contribution in [0.2, 0.25) is 0 Å². The van der Waals surface area contributed by atoms with Crippen LogP contribution in [0, 0.1) is 0 Å². The van der Waals surface area contributed by atoms with Gasteiger partial charge < -0.3 is 9.64 Å². The zero-order valence-electron chi connectivity index (χ0n) is 14.3. The molecule has 134 valence electrons. The van der Waals surface area contributed by atoms with Crippen LogP contribution < -0.4 is 14.4 Å². The lowest BCUT2D eigenvalue weighted by Crippen LogP contribution is -2.37. The SMILES string of the molecule is CCOc1ccc(N(CCNS(=O)(=O)c2ccccc2)C(C)=O)cc1. The van der Waals surface area contributed by atoms with E-state index in [4.69, 9.17) is 4.74 Å². The molecule has 7 heteroatoms. The molecule has 1 amide bonds. The second kappa shape index (κ2) is 8.64. The van der Waals surface area contributed by atoms with Gasteiger partial charge >= 0.3 is 0 Å². The van der Waals surface area contributed by atoms with Crippen molar-refractivity contribution in [2.75, 3.05) is 24.6 Å². The number of carbonyl (C=O) groups is 1. The third kappa shape index (κ3) is 5.30. The monoisotopic (exact) mass is 362 g/mol. The van der Waals surface area contributed by atoms with Gasteiger partial charge in [0, 0.05) is 25.7 Å². The molecular formula is C18H22N2O4S. The Bertz CT molecular complexity index is 790. The zero-order valence-corrected chi connectivity index (χ0v) is 15.1. The number of sulfonamides is 1. The molecule has 0 radical (unpaired) electrons. The number of nitrogens with zero attached hydrogens (tertiary/aromatic N) is 1. The van der Waals surface area contributed by atoms with Crippen molar-refractivity contribution in [3.63, 3.8) is 0 Å². The Morgan fingerprint density at radius 2 is 1.72 bits per heavy atom. The zero-order chi connectivity index (χ0) is 18.3. The van der Waals surface area contributed by atoms with Crippen LogP contribution in [0.1, 0.15) is 13.8 Å². The van der Waals surface area contributed by atoms with E-state index in [0.29, 0.717) is 12.3 Å². The molecule has 25 heavy (non-hydrogen) atoms. The van der Waals surface area contributed by atoms with Gasteiger partial charge in [0.15, 0.2) is 0 Å². The van der Waals surface area contributed by atoms with Gasteiger partial charge in [-0.1, -0.05) is 18.2 Å². The molecule has 0 aromatic heterocycles. The summed E-state index contributed by atoms with van der Waals surface area (Å²) in [5, 5.41) is 0. The smallest absolute Gasteiger partial charge is 0.240 e. The third-order valence-corrected chi connectivity index (χ3v) is 5.00. The van der Waals surface area contributed by atoms with Gasteiger partial charge in [-0.25, -0.2) is 13.1 Å². The van der Waals surface area contributed by atoms with Crippen molar-refractivity contribution < 1.29 is 17.9 Å². The Labute approximate surface area is 148 Å². The predicted octanol–water partition coefficient (Wildman–Crippen LogP) is 2.42. The second-order valence-electron chi connectivity index (χ2n) is 5.31. The minimum atomic E-state index is -3.59. The van der Waals surface area contributed by atoms with E-state index < -0.39 is 10.0 Å². The lowest BCUT2D eigenvalue weighted by atomic mass is 10.2. The van der Waals surface area contributed by atoms with E-state index in [1.54, 1.807) is 42.5 Å². The molecule has 6 nitrogen and oxygen atoms in total. The van der Waals surface area contributed by atoms with Crippen molar-refractivity contribution in [3.05, 3.63) is 54.6 Å². The van der Waals surface area contributed by atoms with Crippen LogP contribution in [0.3, 0.4) is 0 Å². The first kappa shape index (κ1) is 19.0. The maximum Gasteiger partial charge on any atom is 0.240 e. The molecule has 0 spiro atoms. The normalized spacial score (nSPS) is 11.1. The summed E-state index contributed by atoms with van der Waals surface area (Å²) in [6, 6.07) is 15.2. The van der Waals surface area contributed by atoms with Gasteiger partial charge in [0.05, 0.1) is 11.5 Å². The number of anilines is 1. The summed E-state index contributed by atoms with van der Waals surface area (Å²) in [5.41, 5.74) is 0.690. The minimum Gasteiger partial charge on any atom is -0.494 e. The van der Waals surface area contributed by atoms with Crippen LogP contribution in [-0.2, 0) is 14.8 Å². The topological polar surface area (TPSA) is 75.7 Å². The highest BCUT2D eigenvalue weighted by Gasteiger charge is 2.16. The van der Waals surface area contributed by atoms with E-state index in [1.165, 1.54) is 24.0 Å². The lowest BCUT2D eigenvalue weighted by Gasteiger charge is -2.21. The van der Waals surface area contributed by atoms with E-state index in [-0.39, 0.29) is 23.9 Å². The number of ether oxygens (including phenoxy) is 1. The fourth-order valence-corrected chi connectivity index (χ4v) is 3.37. The minimum absolute atomic E-state index is 0.115. The Balaban J connectivity index is 2.01. The summed E-state index contributed by atoms with van der Waals surface area (Å²) in [4.78, 5) is 13.6. The highest BCUT2D eigenvalue weighted by atomic mass is 32.2. The van der Waals surface area contributed by atoms with Gasteiger partial charge in [-0.2, -0.15) is 0 Å². The number of benzene rings is 2. The molecule has 0 heterocycles. The molecule has 0 aliphatic rings. The molecule has 1 N–H and O–H groups in total. The fourth-order valence-electron chi connectivity index (χ4n) is 2.33. The number of nitrogens with one attached hydrogen (secondary N) is 1.